The number of pyridine rings is 2. The monoisotopic (exact) mass is 240 g/mol. The summed E-state index contributed by atoms with van der Waals surface area (Å²) in [6, 6.07) is 11.0. The molecular weight excluding hydrogens is 228 g/mol. The minimum atomic E-state index is -0.0765. The Labute approximate surface area is 105 Å². The summed E-state index contributed by atoms with van der Waals surface area (Å²) >= 11 is 0. The maximum Gasteiger partial charge on any atom is 0.331 e. The van der Waals surface area contributed by atoms with Gasteiger partial charge in [0.15, 0.2) is 0 Å². The van der Waals surface area contributed by atoms with Crippen molar-refractivity contribution in [1.29, 1.82) is 0 Å². The van der Waals surface area contributed by atoms with Crippen molar-refractivity contribution in [2.45, 2.75) is 0 Å². The Hall–Kier alpha value is -2.43. The minimum absolute atomic E-state index is 0.0765. The van der Waals surface area contributed by atoms with Gasteiger partial charge in [-0.1, -0.05) is 12.1 Å². The average Bonchev–Trinajstić information content (AvgIpc) is 2.83. The first-order valence-corrected chi connectivity index (χ1v) is 5.77. The molecule has 2 aromatic rings. The van der Waals surface area contributed by atoms with Gasteiger partial charge in [-0.25, -0.2) is 14.8 Å². The number of anilines is 2. The number of aromatic nitrogens is 2. The van der Waals surface area contributed by atoms with Crippen molar-refractivity contribution in [1.82, 2.24) is 9.97 Å². The highest BCUT2D eigenvalue weighted by Crippen LogP contribution is 2.21. The van der Waals surface area contributed by atoms with Crippen LogP contribution in [0, 0.1) is 0 Å². The Balaban J connectivity index is 1.86. The normalized spacial score (nSPS) is 15.2. The van der Waals surface area contributed by atoms with Crippen molar-refractivity contribution in [3.8, 4) is 0 Å². The Morgan fingerprint density at radius 2 is 1.33 bits per heavy atom. The van der Waals surface area contributed by atoms with Crippen LogP contribution in [-0.4, -0.2) is 29.1 Å². The lowest BCUT2D eigenvalue weighted by molar-refractivity contribution is 0.255. The standard InChI is InChI=1S/C13H12N4O/c18-13-16(11-5-1-3-7-14-11)9-10-17(13)12-6-2-4-8-15-12/h1-8H,9-10H2. The summed E-state index contributed by atoms with van der Waals surface area (Å²) in [5.41, 5.74) is 0. The van der Waals surface area contributed by atoms with Gasteiger partial charge in [0.25, 0.3) is 0 Å². The summed E-state index contributed by atoms with van der Waals surface area (Å²) in [7, 11) is 0. The van der Waals surface area contributed by atoms with Gasteiger partial charge in [0, 0.05) is 25.5 Å². The van der Waals surface area contributed by atoms with Gasteiger partial charge in [0.1, 0.15) is 11.6 Å². The summed E-state index contributed by atoms with van der Waals surface area (Å²) < 4.78 is 0. The molecule has 90 valence electrons. The lowest BCUT2D eigenvalue weighted by Gasteiger charge is -2.16. The van der Waals surface area contributed by atoms with Gasteiger partial charge < -0.3 is 0 Å². The molecule has 1 aliphatic rings. The molecule has 5 heteroatoms. The highest BCUT2D eigenvalue weighted by molar-refractivity contribution is 6.04. The number of hydrogen-bond acceptors (Lipinski definition) is 3. The molecule has 18 heavy (non-hydrogen) atoms. The molecule has 0 spiro atoms. The second-order valence-electron chi connectivity index (χ2n) is 3.96. The average molecular weight is 240 g/mol. The molecular formula is C13H12N4O. The van der Waals surface area contributed by atoms with Gasteiger partial charge in [0.05, 0.1) is 0 Å². The van der Waals surface area contributed by atoms with Crippen LogP contribution >= 0.6 is 0 Å². The SMILES string of the molecule is O=C1N(c2ccccn2)CCN1c1ccccn1. The summed E-state index contributed by atoms with van der Waals surface area (Å²) in [5.74, 6) is 1.36. The highest BCUT2D eigenvalue weighted by Gasteiger charge is 2.31. The zero-order chi connectivity index (χ0) is 12.4. The molecule has 3 rings (SSSR count). The molecule has 2 amide bonds. The third kappa shape index (κ3) is 1.79. The van der Waals surface area contributed by atoms with Crippen molar-refractivity contribution >= 4 is 17.7 Å². The largest absolute Gasteiger partial charge is 0.331 e. The number of carbonyl (C=O) groups excluding carboxylic acids is 1. The van der Waals surface area contributed by atoms with E-state index in [4.69, 9.17) is 0 Å². The lowest BCUT2D eigenvalue weighted by atomic mass is 10.4. The summed E-state index contributed by atoms with van der Waals surface area (Å²) in [6.07, 6.45) is 3.37. The van der Waals surface area contributed by atoms with E-state index in [1.165, 1.54) is 0 Å². The molecule has 0 aromatic carbocycles. The summed E-state index contributed by atoms with van der Waals surface area (Å²) in [6.45, 7) is 1.26. The molecule has 2 aromatic heterocycles. The van der Waals surface area contributed by atoms with E-state index in [0.29, 0.717) is 24.7 Å². The Morgan fingerprint density at radius 1 is 0.833 bits per heavy atom. The predicted molar refractivity (Wildman–Crippen MR) is 68.6 cm³/mol. The van der Waals surface area contributed by atoms with Crippen LogP contribution in [0.5, 0.6) is 0 Å². The van der Waals surface area contributed by atoms with Gasteiger partial charge in [0.2, 0.25) is 0 Å². The van der Waals surface area contributed by atoms with Crippen molar-refractivity contribution < 1.29 is 4.79 Å². The highest BCUT2D eigenvalue weighted by atomic mass is 16.2. The molecule has 1 fully saturated rings. The van der Waals surface area contributed by atoms with E-state index in [0.717, 1.165) is 0 Å². The molecule has 0 bridgehead atoms. The van der Waals surface area contributed by atoms with Crippen LogP contribution in [0.3, 0.4) is 0 Å². The summed E-state index contributed by atoms with van der Waals surface area (Å²) in [4.78, 5) is 24.0. The Bertz CT molecular complexity index is 494. The van der Waals surface area contributed by atoms with Crippen molar-refractivity contribution in [2.75, 3.05) is 22.9 Å². The van der Waals surface area contributed by atoms with Crippen molar-refractivity contribution in [3.63, 3.8) is 0 Å². The molecule has 0 saturated carbocycles. The molecule has 3 heterocycles. The maximum absolute atomic E-state index is 12.3. The number of nitrogens with zero attached hydrogens (tertiary/aromatic N) is 4. The van der Waals surface area contributed by atoms with Crippen molar-refractivity contribution in [2.24, 2.45) is 0 Å². The van der Waals surface area contributed by atoms with Crippen LogP contribution in [0.2, 0.25) is 0 Å². The predicted octanol–water partition coefficient (Wildman–Crippen LogP) is 1.92. The first-order chi connectivity index (χ1) is 8.86. The second kappa shape index (κ2) is 4.44. The van der Waals surface area contributed by atoms with Crippen LogP contribution < -0.4 is 9.80 Å². The molecule has 0 atom stereocenters. The van der Waals surface area contributed by atoms with E-state index >= 15 is 0 Å². The van der Waals surface area contributed by atoms with Crippen LogP contribution in [0.15, 0.2) is 48.8 Å². The fourth-order valence-corrected chi connectivity index (χ4v) is 1.99. The van der Waals surface area contributed by atoms with E-state index in [1.54, 1.807) is 22.2 Å². The van der Waals surface area contributed by atoms with Gasteiger partial charge in [-0.15, -0.1) is 0 Å². The van der Waals surface area contributed by atoms with Gasteiger partial charge in [-0.3, -0.25) is 9.80 Å². The molecule has 1 aliphatic heterocycles. The molecule has 0 unspecified atom stereocenters. The fourth-order valence-electron chi connectivity index (χ4n) is 1.99. The first-order valence-electron chi connectivity index (χ1n) is 5.77. The van der Waals surface area contributed by atoms with Gasteiger partial charge in [-0.2, -0.15) is 0 Å². The minimum Gasteiger partial charge on any atom is -0.276 e. The maximum atomic E-state index is 12.3. The van der Waals surface area contributed by atoms with Gasteiger partial charge >= 0.3 is 6.03 Å². The zero-order valence-corrected chi connectivity index (χ0v) is 9.73. The third-order valence-electron chi connectivity index (χ3n) is 2.86. The van der Waals surface area contributed by atoms with Crippen molar-refractivity contribution in [3.05, 3.63) is 48.8 Å². The molecule has 0 radical (unpaired) electrons. The van der Waals surface area contributed by atoms with E-state index in [9.17, 15) is 4.79 Å². The number of carbonyl (C=O) groups is 1. The van der Waals surface area contributed by atoms with E-state index in [-0.39, 0.29) is 6.03 Å². The first kappa shape index (κ1) is 10.7. The molecule has 5 nitrogen and oxygen atoms in total. The number of urea groups is 1. The Kier molecular flexibility index (Phi) is 2.64. The van der Waals surface area contributed by atoms with E-state index < -0.39 is 0 Å². The van der Waals surface area contributed by atoms with E-state index in [1.807, 2.05) is 36.4 Å². The second-order valence-corrected chi connectivity index (χ2v) is 3.96. The topological polar surface area (TPSA) is 49.3 Å². The molecule has 0 aliphatic carbocycles. The van der Waals surface area contributed by atoms with Crippen LogP contribution in [0.4, 0.5) is 16.4 Å². The number of rotatable bonds is 2. The van der Waals surface area contributed by atoms with Gasteiger partial charge in [-0.05, 0) is 24.3 Å². The van der Waals surface area contributed by atoms with E-state index in [2.05, 4.69) is 9.97 Å². The van der Waals surface area contributed by atoms with Crippen LogP contribution in [-0.2, 0) is 0 Å². The Morgan fingerprint density at radius 3 is 1.72 bits per heavy atom. The third-order valence-corrected chi connectivity index (χ3v) is 2.86. The zero-order valence-electron chi connectivity index (χ0n) is 9.73. The number of hydrogen-bond donors (Lipinski definition) is 0. The smallest absolute Gasteiger partial charge is 0.276 e. The van der Waals surface area contributed by atoms with Crippen LogP contribution in [0.25, 0.3) is 0 Å². The molecule has 1 saturated heterocycles. The summed E-state index contributed by atoms with van der Waals surface area (Å²) in [5, 5.41) is 0. The number of amides is 2. The molecule has 0 N–H and O–H groups in total. The fraction of sp³-hybridized carbons (Fsp3) is 0.154. The quantitative estimate of drug-likeness (QED) is 0.805. The van der Waals surface area contributed by atoms with Crippen LogP contribution in [0.1, 0.15) is 0 Å². The lowest BCUT2D eigenvalue weighted by Crippen LogP contribution is -2.32.